The third kappa shape index (κ3) is 3.20. The number of nitrogens with zero attached hydrogens (tertiary/aromatic N) is 3. The molecular formula is C18H25N3O3. The van der Waals surface area contributed by atoms with E-state index >= 15 is 0 Å². The molecule has 6 heteroatoms. The average Bonchev–Trinajstić information content (AvgIpc) is 3.27. The molecule has 3 aliphatic heterocycles. The van der Waals surface area contributed by atoms with Crippen LogP contribution >= 0.6 is 0 Å². The van der Waals surface area contributed by atoms with Gasteiger partial charge in [-0.1, -0.05) is 0 Å². The summed E-state index contributed by atoms with van der Waals surface area (Å²) in [6.07, 6.45) is 8.54. The average molecular weight is 331 g/mol. The molecule has 2 amide bonds. The number of hydrogen-bond acceptors (Lipinski definition) is 4. The van der Waals surface area contributed by atoms with Gasteiger partial charge in [-0.3, -0.25) is 4.98 Å². The number of ether oxygens (including phenoxy) is 2. The smallest absolute Gasteiger partial charge is 0.320 e. The maximum absolute atomic E-state index is 12.5. The maximum atomic E-state index is 12.5. The van der Waals surface area contributed by atoms with Gasteiger partial charge in [-0.05, 0) is 37.8 Å². The normalized spacial score (nSPS) is 26.1. The Morgan fingerprint density at radius 3 is 2.67 bits per heavy atom. The van der Waals surface area contributed by atoms with E-state index in [1.807, 2.05) is 21.9 Å². The third-order valence-corrected chi connectivity index (χ3v) is 5.43. The molecule has 1 aromatic rings. The second-order valence-electron chi connectivity index (χ2n) is 7.09. The summed E-state index contributed by atoms with van der Waals surface area (Å²) in [5, 5.41) is 0. The second kappa shape index (κ2) is 6.59. The van der Waals surface area contributed by atoms with Gasteiger partial charge < -0.3 is 19.3 Å². The fourth-order valence-electron chi connectivity index (χ4n) is 4.05. The zero-order chi connectivity index (χ0) is 16.4. The monoisotopic (exact) mass is 331 g/mol. The number of carbonyl (C=O) groups excluding carboxylic acids is 1. The Morgan fingerprint density at radius 1 is 1.21 bits per heavy atom. The van der Waals surface area contributed by atoms with Gasteiger partial charge in [-0.25, -0.2) is 4.79 Å². The number of carbonyl (C=O) groups is 1. The van der Waals surface area contributed by atoms with Crippen LogP contribution in [0.4, 0.5) is 4.79 Å². The fourth-order valence-corrected chi connectivity index (χ4v) is 4.05. The summed E-state index contributed by atoms with van der Waals surface area (Å²) in [5.41, 5.74) is -0.116. The number of hydrogen-bond donors (Lipinski definition) is 0. The van der Waals surface area contributed by atoms with Crippen molar-refractivity contribution in [1.29, 1.82) is 0 Å². The number of pyridine rings is 1. The van der Waals surface area contributed by atoms with E-state index in [1.165, 1.54) is 0 Å². The van der Waals surface area contributed by atoms with E-state index in [0.717, 1.165) is 64.0 Å². The molecule has 4 rings (SSSR count). The number of likely N-dealkylation sites (tertiary alicyclic amines) is 2. The number of amides is 2. The predicted molar refractivity (Wildman–Crippen MR) is 89.0 cm³/mol. The largest absolute Gasteiger partial charge is 0.486 e. The molecule has 3 aliphatic rings. The molecule has 3 fully saturated rings. The molecule has 24 heavy (non-hydrogen) atoms. The highest BCUT2D eigenvalue weighted by Crippen LogP contribution is 2.37. The van der Waals surface area contributed by atoms with Gasteiger partial charge in [0, 0.05) is 38.8 Å². The van der Waals surface area contributed by atoms with Gasteiger partial charge in [0.05, 0.1) is 18.4 Å². The zero-order valence-corrected chi connectivity index (χ0v) is 14.0. The number of urea groups is 1. The summed E-state index contributed by atoms with van der Waals surface area (Å²) in [5.74, 6) is 0.796. The zero-order valence-electron chi connectivity index (χ0n) is 14.0. The highest BCUT2D eigenvalue weighted by Gasteiger charge is 2.44. The van der Waals surface area contributed by atoms with Crippen molar-refractivity contribution in [3.05, 3.63) is 24.5 Å². The van der Waals surface area contributed by atoms with E-state index in [9.17, 15) is 4.79 Å². The van der Waals surface area contributed by atoms with E-state index in [2.05, 4.69) is 4.98 Å². The van der Waals surface area contributed by atoms with Crippen LogP contribution in [0, 0.1) is 0 Å². The van der Waals surface area contributed by atoms with Crippen molar-refractivity contribution in [3.63, 3.8) is 0 Å². The van der Waals surface area contributed by atoms with Crippen LogP contribution < -0.4 is 4.74 Å². The molecule has 1 spiro atoms. The van der Waals surface area contributed by atoms with Gasteiger partial charge in [0.15, 0.2) is 0 Å². The highest BCUT2D eigenvalue weighted by molar-refractivity contribution is 5.74. The lowest BCUT2D eigenvalue weighted by molar-refractivity contribution is -0.0387. The minimum Gasteiger partial charge on any atom is -0.486 e. The Morgan fingerprint density at radius 2 is 1.96 bits per heavy atom. The van der Waals surface area contributed by atoms with Crippen molar-refractivity contribution in [1.82, 2.24) is 14.8 Å². The predicted octanol–water partition coefficient (Wildman–Crippen LogP) is 2.30. The van der Waals surface area contributed by atoms with Crippen LogP contribution in [-0.2, 0) is 4.74 Å². The van der Waals surface area contributed by atoms with Crippen LogP contribution in [0.3, 0.4) is 0 Å². The number of piperidine rings is 1. The lowest BCUT2D eigenvalue weighted by Gasteiger charge is -2.39. The molecule has 3 saturated heterocycles. The van der Waals surface area contributed by atoms with Crippen LogP contribution in [0.2, 0.25) is 0 Å². The Hall–Kier alpha value is -1.82. The van der Waals surface area contributed by atoms with Gasteiger partial charge >= 0.3 is 6.03 Å². The van der Waals surface area contributed by atoms with Gasteiger partial charge in [0.1, 0.15) is 11.9 Å². The van der Waals surface area contributed by atoms with Crippen molar-refractivity contribution in [3.8, 4) is 5.75 Å². The summed E-state index contributed by atoms with van der Waals surface area (Å²) in [7, 11) is 0. The van der Waals surface area contributed by atoms with Crippen LogP contribution in [0.1, 0.15) is 32.1 Å². The molecule has 0 bridgehead atoms. The fraction of sp³-hybridized carbons (Fsp3) is 0.667. The van der Waals surface area contributed by atoms with Crippen LogP contribution in [0.15, 0.2) is 24.5 Å². The van der Waals surface area contributed by atoms with Gasteiger partial charge in [0.25, 0.3) is 0 Å². The first-order chi connectivity index (χ1) is 11.7. The molecule has 0 aliphatic carbocycles. The van der Waals surface area contributed by atoms with Gasteiger partial charge in [-0.15, -0.1) is 0 Å². The Bertz CT molecular complexity index is 566. The highest BCUT2D eigenvalue weighted by atomic mass is 16.6. The van der Waals surface area contributed by atoms with Crippen molar-refractivity contribution < 1.29 is 14.3 Å². The van der Waals surface area contributed by atoms with Crippen molar-refractivity contribution in [2.24, 2.45) is 0 Å². The van der Waals surface area contributed by atoms with E-state index < -0.39 is 0 Å². The number of aromatic nitrogens is 1. The molecule has 1 atom stereocenters. The molecule has 0 saturated carbocycles. The quantitative estimate of drug-likeness (QED) is 0.834. The summed E-state index contributed by atoms with van der Waals surface area (Å²) < 4.78 is 12.1. The van der Waals surface area contributed by atoms with Gasteiger partial charge in [-0.2, -0.15) is 0 Å². The summed E-state index contributed by atoms with van der Waals surface area (Å²) >= 11 is 0. The first kappa shape index (κ1) is 15.7. The summed E-state index contributed by atoms with van der Waals surface area (Å²) in [6.45, 7) is 4.02. The lowest BCUT2D eigenvalue weighted by atomic mass is 9.88. The molecule has 0 aromatic carbocycles. The lowest BCUT2D eigenvalue weighted by Crippen LogP contribution is -2.50. The molecule has 1 aromatic heterocycles. The molecule has 6 nitrogen and oxygen atoms in total. The molecule has 130 valence electrons. The minimum absolute atomic E-state index is 0.0787. The van der Waals surface area contributed by atoms with E-state index in [1.54, 1.807) is 12.4 Å². The number of rotatable bonds is 2. The Labute approximate surface area is 142 Å². The Balaban J connectivity index is 1.30. The minimum atomic E-state index is -0.116. The van der Waals surface area contributed by atoms with E-state index in [0.29, 0.717) is 6.61 Å². The first-order valence-corrected chi connectivity index (χ1v) is 8.99. The molecule has 0 unspecified atom stereocenters. The van der Waals surface area contributed by atoms with E-state index in [4.69, 9.17) is 9.47 Å². The summed E-state index contributed by atoms with van der Waals surface area (Å²) in [6, 6.07) is 4.02. The first-order valence-electron chi connectivity index (χ1n) is 8.99. The van der Waals surface area contributed by atoms with Crippen LogP contribution in [0.25, 0.3) is 0 Å². The molecule has 0 N–H and O–H groups in total. The summed E-state index contributed by atoms with van der Waals surface area (Å²) in [4.78, 5) is 20.6. The van der Waals surface area contributed by atoms with Crippen molar-refractivity contribution in [2.45, 2.75) is 43.8 Å². The molecule has 0 radical (unpaired) electrons. The third-order valence-electron chi connectivity index (χ3n) is 5.43. The topological polar surface area (TPSA) is 54.9 Å². The Kier molecular flexibility index (Phi) is 4.31. The van der Waals surface area contributed by atoms with Crippen LogP contribution in [0.5, 0.6) is 5.75 Å². The second-order valence-corrected chi connectivity index (χ2v) is 7.09. The van der Waals surface area contributed by atoms with Crippen molar-refractivity contribution >= 4 is 6.03 Å². The maximum Gasteiger partial charge on any atom is 0.320 e. The van der Waals surface area contributed by atoms with Crippen molar-refractivity contribution in [2.75, 3.05) is 32.8 Å². The molecular weight excluding hydrogens is 306 g/mol. The van der Waals surface area contributed by atoms with Gasteiger partial charge in [0.2, 0.25) is 0 Å². The molecule has 4 heterocycles. The van der Waals surface area contributed by atoms with E-state index in [-0.39, 0.29) is 17.7 Å². The van der Waals surface area contributed by atoms with Crippen LogP contribution in [-0.4, -0.2) is 65.3 Å². The SMILES string of the molecule is O=C(N1CCCC1)N1CCC2(CC1)C[C@@H](Oc1cccnc1)CO2. The standard InChI is InChI=1S/C18H25N3O3/c22-17(20-8-1-2-9-20)21-10-5-18(6-11-21)12-16(14-23-18)24-15-4-3-7-19-13-15/h3-4,7,13,16H,1-2,5-6,8-12,14H2/t16-/m1/s1.